The van der Waals surface area contributed by atoms with Crippen molar-refractivity contribution in [1.82, 2.24) is 15.0 Å². The predicted molar refractivity (Wildman–Crippen MR) is 61.8 cm³/mol. The number of hydrogen-bond donors (Lipinski definition) is 0. The number of carbonyl (C=O) groups excluding carboxylic acids is 2. The van der Waals surface area contributed by atoms with Gasteiger partial charge in [0.05, 0.1) is 12.4 Å². The van der Waals surface area contributed by atoms with Crippen LogP contribution in [0.25, 0.3) is 0 Å². The van der Waals surface area contributed by atoms with Crippen LogP contribution in [0.15, 0.2) is 10.6 Å². The molecule has 2 heterocycles. The summed E-state index contributed by atoms with van der Waals surface area (Å²) in [6, 6.07) is 1.71. The molecule has 0 unspecified atom stereocenters. The summed E-state index contributed by atoms with van der Waals surface area (Å²) >= 11 is 0. The van der Waals surface area contributed by atoms with Crippen LogP contribution in [0.4, 0.5) is 0 Å². The Kier molecular flexibility index (Phi) is 2.57. The maximum Gasteiger partial charge on any atom is 0.294 e. The van der Waals surface area contributed by atoms with Crippen LogP contribution in [-0.4, -0.2) is 46.5 Å². The lowest BCUT2D eigenvalue weighted by molar-refractivity contribution is -0.126. The van der Waals surface area contributed by atoms with E-state index in [0.717, 1.165) is 18.5 Å². The van der Waals surface area contributed by atoms with Crippen LogP contribution in [0.5, 0.6) is 0 Å². The average Bonchev–Trinajstić information content (AvgIpc) is 2.98. The Morgan fingerprint density at radius 1 is 1.56 bits per heavy atom. The van der Waals surface area contributed by atoms with Gasteiger partial charge in [0, 0.05) is 18.5 Å². The molecule has 1 aromatic heterocycles. The molecule has 6 heteroatoms. The SMILES string of the molecule is CCN1CN(C(=O)c2cc(C3CC3)no2)CC1=O. The molecule has 1 aliphatic heterocycles. The number of amides is 2. The summed E-state index contributed by atoms with van der Waals surface area (Å²) in [5.74, 6) is 0.428. The highest BCUT2D eigenvalue weighted by molar-refractivity contribution is 5.96. The van der Waals surface area contributed by atoms with Crippen molar-refractivity contribution in [1.29, 1.82) is 0 Å². The standard InChI is InChI=1S/C12H15N3O3/c1-2-14-7-15(6-11(14)16)12(17)10-5-9(13-18-10)8-3-4-8/h5,8H,2-4,6-7H2,1H3. The Labute approximate surface area is 105 Å². The van der Waals surface area contributed by atoms with Gasteiger partial charge >= 0.3 is 0 Å². The van der Waals surface area contributed by atoms with Crippen molar-refractivity contribution in [2.45, 2.75) is 25.7 Å². The Morgan fingerprint density at radius 3 is 2.94 bits per heavy atom. The van der Waals surface area contributed by atoms with Crippen molar-refractivity contribution >= 4 is 11.8 Å². The van der Waals surface area contributed by atoms with E-state index in [-0.39, 0.29) is 24.1 Å². The molecule has 0 spiro atoms. The van der Waals surface area contributed by atoms with Gasteiger partial charge in [-0.1, -0.05) is 5.16 Å². The highest BCUT2D eigenvalue weighted by atomic mass is 16.5. The van der Waals surface area contributed by atoms with Gasteiger partial charge < -0.3 is 14.3 Å². The van der Waals surface area contributed by atoms with Gasteiger partial charge in [-0.05, 0) is 19.8 Å². The van der Waals surface area contributed by atoms with Gasteiger partial charge in [0.2, 0.25) is 11.7 Å². The Morgan fingerprint density at radius 2 is 2.33 bits per heavy atom. The molecule has 2 amide bonds. The van der Waals surface area contributed by atoms with Crippen LogP contribution in [0, 0.1) is 0 Å². The summed E-state index contributed by atoms with van der Waals surface area (Å²) in [6.07, 6.45) is 2.23. The van der Waals surface area contributed by atoms with Crippen molar-refractivity contribution in [3.8, 4) is 0 Å². The van der Waals surface area contributed by atoms with Gasteiger partial charge in [-0.15, -0.1) is 0 Å². The van der Waals surface area contributed by atoms with E-state index in [1.54, 1.807) is 11.0 Å². The average molecular weight is 249 g/mol. The fourth-order valence-corrected chi connectivity index (χ4v) is 2.13. The maximum absolute atomic E-state index is 12.1. The van der Waals surface area contributed by atoms with E-state index in [0.29, 0.717) is 19.1 Å². The van der Waals surface area contributed by atoms with Crippen molar-refractivity contribution in [2.75, 3.05) is 19.8 Å². The number of likely N-dealkylation sites (N-methyl/N-ethyl adjacent to an activating group) is 1. The molecule has 1 aromatic rings. The van der Waals surface area contributed by atoms with Gasteiger partial charge in [-0.3, -0.25) is 9.59 Å². The second kappa shape index (κ2) is 4.12. The molecule has 0 atom stereocenters. The topological polar surface area (TPSA) is 66.7 Å². The first kappa shape index (κ1) is 11.3. The highest BCUT2D eigenvalue weighted by Gasteiger charge is 2.33. The van der Waals surface area contributed by atoms with E-state index in [1.165, 1.54) is 4.90 Å². The number of carbonyl (C=O) groups is 2. The molecule has 2 fully saturated rings. The van der Waals surface area contributed by atoms with Gasteiger partial charge in [0.25, 0.3) is 5.91 Å². The van der Waals surface area contributed by atoms with E-state index in [2.05, 4.69) is 5.16 Å². The Hall–Kier alpha value is -1.85. The molecule has 1 saturated heterocycles. The minimum Gasteiger partial charge on any atom is -0.351 e. The molecular formula is C12H15N3O3. The largest absolute Gasteiger partial charge is 0.351 e. The third-order valence-electron chi connectivity index (χ3n) is 3.42. The highest BCUT2D eigenvalue weighted by Crippen LogP contribution is 2.39. The van der Waals surface area contributed by atoms with Crippen LogP contribution in [0.2, 0.25) is 0 Å². The number of hydrogen-bond acceptors (Lipinski definition) is 4. The number of aromatic nitrogens is 1. The van der Waals surface area contributed by atoms with E-state index in [1.807, 2.05) is 6.92 Å². The molecule has 0 aromatic carbocycles. The predicted octanol–water partition coefficient (Wildman–Crippen LogP) is 0.814. The van der Waals surface area contributed by atoms with Gasteiger partial charge in [-0.25, -0.2) is 0 Å². The lowest BCUT2D eigenvalue weighted by Gasteiger charge is -2.14. The zero-order valence-electron chi connectivity index (χ0n) is 10.3. The molecular weight excluding hydrogens is 234 g/mol. The molecule has 0 radical (unpaired) electrons. The zero-order chi connectivity index (χ0) is 12.7. The maximum atomic E-state index is 12.1. The normalized spacial score (nSPS) is 19.7. The summed E-state index contributed by atoms with van der Waals surface area (Å²) in [6.45, 7) is 2.98. The van der Waals surface area contributed by atoms with E-state index in [9.17, 15) is 9.59 Å². The lowest BCUT2D eigenvalue weighted by atomic mass is 10.2. The minimum atomic E-state index is -0.251. The summed E-state index contributed by atoms with van der Waals surface area (Å²) < 4.78 is 5.07. The number of nitrogens with zero attached hydrogens (tertiary/aromatic N) is 3. The number of rotatable bonds is 3. The first-order valence-electron chi connectivity index (χ1n) is 6.22. The van der Waals surface area contributed by atoms with Crippen LogP contribution in [0.3, 0.4) is 0 Å². The first-order valence-corrected chi connectivity index (χ1v) is 6.22. The Balaban J connectivity index is 1.72. The van der Waals surface area contributed by atoms with Crippen molar-refractivity contribution in [2.24, 2.45) is 0 Å². The van der Waals surface area contributed by atoms with Crippen molar-refractivity contribution in [3.63, 3.8) is 0 Å². The summed E-state index contributed by atoms with van der Waals surface area (Å²) in [5.41, 5.74) is 0.858. The second-order valence-electron chi connectivity index (χ2n) is 4.78. The van der Waals surface area contributed by atoms with Crippen LogP contribution >= 0.6 is 0 Å². The van der Waals surface area contributed by atoms with Crippen molar-refractivity contribution in [3.05, 3.63) is 17.5 Å². The van der Waals surface area contributed by atoms with Crippen LogP contribution < -0.4 is 0 Å². The van der Waals surface area contributed by atoms with Gasteiger partial charge in [0.1, 0.15) is 6.54 Å². The molecule has 0 bridgehead atoms. The first-order chi connectivity index (χ1) is 8.69. The fraction of sp³-hybridized carbons (Fsp3) is 0.583. The minimum absolute atomic E-state index is 0.0206. The van der Waals surface area contributed by atoms with Gasteiger partial charge in [0.15, 0.2) is 0 Å². The molecule has 18 heavy (non-hydrogen) atoms. The third kappa shape index (κ3) is 1.87. The second-order valence-corrected chi connectivity index (χ2v) is 4.78. The summed E-state index contributed by atoms with van der Waals surface area (Å²) in [5, 5.41) is 3.91. The van der Waals surface area contributed by atoms with E-state index in [4.69, 9.17) is 4.52 Å². The molecule has 96 valence electrons. The van der Waals surface area contributed by atoms with Crippen molar-refractivity contribution < 1.29 is 14.1 Å². The molecule has 1 saturated carbocycles. The zero-order valence-corrected chi connectivity index (χ0v) is 10.3. The van der Waals surface area contributed by atoms with E-state index < -0.39 is 0 Å². The molecule has 1 aliphatic carbocycles. The molecule has 0 N–H and O–H groups in total. The monoisotopic (exact) mass is 249 g/mol. The van der Waals surface area contributed by atoms with E-state index >= 15 is 0 Å². The summed E-state index contributed by atoms with van der Waals surface area (Å²) in [4.78, 5) is 26.8. The molecule has 2 aliphatic rings. The lowest BCUT2D eigenvalue weighted by Crippen LogP contribution is -2.30. The smallest absolute Gasteiger partial charge is 0.294 e. The fourth-order valence-electron chi connectivity index (χ4n) is 2.13. The Bertz CT molecular complexity index is 493. The van der Waals surface area contributed by atoms with Gasteiger partial charge in [-0.2, -0.15) is 0 Å². The summed E-state index contributed by atoms with van der Waals surface area (Å²) in [7, 11) is 0. The van der Waals surface area contributed by atoms with Crippen LogP contribution in [-0.2, 0) is 4.79 Å². The third-order valence-corrected chi connectivity index (χ3v) is 3.42. The quantitative estimate of drug-likeness (QED) is 0.795. The van der Waals surface area contributed by atoms with Crippen LogP contribution in [0.1, 0.15) is 41.9 Å². The molecule has 3 rings (SSSR count). The molecule has 6 nitrogen and oxygen atoms in total.